The fraction of sp³-hybridized carbons (Fsp3) is 0.933. The van der Waals surface area contributed by atoms with Crippen molar-refractivity contribution in [2.45, 2.75) is 65.5 Å². The summed E-state index contributed by atoms with van der Waals surface area (Å²) in [5.74, 6) is 0.182. The third-order valence-corrected chi connectivity index (χ3v) is 3.44. The van der Waals surface area contributed by atoms with Crippen LogP contribution in [0.4, 0.5) is 0 Å². The summed E-state index contributed by atoms with van der Waals surface area (Å²) >= 11 is 0. The normalized spacial score (nSPS) is 22.4. The molecule has 1 fully saturated rings. The fourth-order valence-electron chi connectivity index (χ4n) is 2.75. The summed E-state index contributed by atoms with van der Waals surface area (Å²) in [6.45, 7) is 10.8. The van der Waals surface area contributed by atoms with Crippen LogP contribution in [0.3, 0.4) is 0 Å². The van der Waals surface area contributed by atoms with Crippen LogP contribution in [0.25, 0.3) is 0 Å². The summed E-state index contributed by atoms with van der Waals surface area (Å²) in [4.78, 5) is 14.2. The molecule has 4 heteroatoms. The van der Waals surface area contributed by atoms with Crippen LogP contribution >= 0.6 is 0 Å². The van der Waals surface area contributed by atoms with E-state index >= 15 is 0 Å². The van der Waals surface area contributed by atoms with Crippen LogP contribution in [0.15, 0.2) is 0 Å². The first-order valence-electron chi connectivity index (χ1n) is 7.47. The molecule has 0 saturated carbocycles. The molecule has 1 amide bonds. The van der Waals surface area contributed by atoms with Crippen molar-refractivity contribution in [3.05, 3.63) is 0 Å². The lowest BCUT2D eigenvalue weighted by Gasteiger charge is -2.33. The molecule has 1 heterocycles. The van der Waals surface area contributed by atoms with E-state index in [9.17, 15) is 4.79 Å². The van der Waals surface area contributed by atoms with E-state index in [1.165, 1.54) is 0 Å². The lowest BCUT2D eigenvalue weighted by molar-refractivity contribution is -0.135. The van der Waals surface area contributed by atoms with Crippen LogP contribution in [0.2, 0.25) is 0 Å². The van der Waals surface area contributed by atoms with Crippen molar-refractivity contribution >= 4 is 5.91 Å². The molecule has 0 spiro atoms. The Morgan fingerprint density at radius 1 is 1.47 bits per heavy atom. The van der Waals surface area contributed by atoms with Gasteiger partial charge in [-0.2, -0.15) is 0 Å². The van der Waals surface area contributed by atoms with Crippen molar-refractivity contribution in [3.63, 3.8) is 0 Å². The third-order valence-electron chi connectivity index (χ3n) is 3.44. The monoisotopic (exact) mass is 270 g/mol. The molecule has 4 nitrogen and oxygen atoms in total. The lowest BCUT2D eigenvalue weighted by Crippen LogP contribution is -2.45. The van der Waals surface area contributed by atoms with Crippen LogP contribution < -0.4 is 5.73 Å². The number of hydrogen-bond acceptors (Lipinski definition) is 3. The molecule has 112 valence electrons. The molecule has 0 aromatic rings. The maximum absolute atomic E-state index is 12.2. The highest BCUT2D eigenvalue weighted by molar-refractivity contribution is 5.77. The van der Waals surface area contributed by atoms with Gasteiger partial charge in [0.25, 0.3) is 0 Å². The predicted molar refractivity (Wildman–Crippen MR) is 77.9 cm³/mol. The summed E-state index contributed by atoms with van der Waals surface area (Å²) in [7, 11) is 0. The SMILES string of the molecule is CCOC1CCCN(C(=O)CC(N)CC(C)(C)C)C1. The van der Waals surface area contributed by atoms with Gasteiger partial charge in [-0.3, -0.25) is 4.79 Å². The van der Waals surface area contributed by atoms with Gasteiger partial charge in [0.2, 0.25) is 5.91 Å². The first-order chi connectivity index (χ1) is 8.81. The predicted octanol–water partition coefficient (Wildman–Crippen LogP) is 2.17. The Bertz CT molecular complexity index is 284. The summed E-state index contributed by atoms with van der Waals surface area (Å²) in [6, 6.07) is -0.0417. The van der Waals surface area contributed by atoms with E-state index in [0.29, 0.717) is 6.42 Å². The maximum Gasteiger partial charge on any atom is 0.224 e. The summed E-state index contributed by atoms with van der Waals surface area (Å²) in [5.41, 5.74) is 6.26. The van der Waals surface area contributed by atoms with Gasteiger partial charge in [-0.05, 0) is 31.6 Å². The number of ether oxygens (including phenoxy) is 1. The summed E-state index contributed by atoms with van der Waals surface area (Å²) < 4.78 is 5.62. The number of amides is 1. The Hall–Kier alpha value is -0.610. The number of rotatable bonds is 5. The number of carbonyl (C=O) groups is 1. The van der Waals surface area contributed by atoms with Crippen LogP contribution in [0, 0.1) is 5.41 Å². The van der Waals surface area contributed by atoms with Crippen molar-refractivity contribution in [2.75, 3.05) is 19.7 Å². The smallest absolute Gasteiger partial charge is 0.224 e. The van der Waals surface area contributed by atoms with E-state index in [1.807, 2.05) is 11.8 Å². The van der Waals surface area contributed by atoms with E-state index < -0.39 is 0 Å². The van der Waals surface area contributed by atoms with E-state index in [2.05, 4.69) is 20.8 Å². The van der Waals surface area contributed by atoms with Crippen molar-refractivity contribution in [1.29, 1.82) is 0 Å². The van der Waals surface area contributed by atoms with Crippen molar-refractivity contribution in [1.82, 2.24) is 4.90 Å². The molecule has 2 atom stereocenters. The van der Waals surface area contributed by atoms with Gasteiger partial charge < -0.3 is 15.4 Å². The van der Waals surface area contributed by atoms with Gasteiger partial charge in [0.1, 0.15) is 0 Å². The zero-order valence-electron chi connectivity index (χ0n) is 12.9. The average molecular weight is 270 g/mol. The number of nitrogens with zero attached hydrogens (tertiary/aromatic N) is 1. The van der Waals surface area contributed by atoms with E-state index in [4.69, 9.17) is 10.5 Å². The van der Waals surface area contributed by atoms with Gasteiger partial charge in [0, 0.05) is 32.2 Å². The minimum absolute atomic E-state index is 0.0417. The molecule has 2 unspecified atom stereocenters. The second-order valence-electron chi connectivity index (χ2n) is 6.79. The first kappa shape index (κ1) is 16.4. The second kappa shape index (κ2) is 7.25. The fourth-order valence-corrected chi connectivity index (χ4v) is 2.75. The quantitative estimate of drug-likeness (QED) is 0.833. The van der Waals surface area contributed by atoms with Crippen LogP contribution in [0.5, 0.6) is 0 Å². The Balaban J connectivity index is 2.40. The van der Waals surface area contributed by atoms with Crippen LogP contribution in [-0.2, 0) is 9.53 Å². The summed E-state index contributed by atoms with van der Waals surface area (Å²) in [5, 5.41) is 0. The zero-order chi connectivity index (χ0) is 14.5. The largest absolute Gasteiger partial charge is 0.377 e. The van der Waals surface area contributed by atoms with E-state index in [0.717, 1.165) is 39.0 Å². The number of carbonyl (C=O) groups excluding carboxylic acids is 1. The molecule has 19 heavy (non-hydrogen) atoms. The van der Waals surface area contributed by atoms with Crippen molar-refractivity contribution in [2.24, 2.45) is 11.1 Å². The topological polar surface area (TPSA) is 55.6 Å². The first-order valence-corrected chi connectivity index (χ1v) is 7.47. The average Bonchev–Trinajstić information content (AvgIpc) is 2.27. The van der Waals surface area contributed by atoms with E-state index in [-0.39, 0.29) is 23.5 Å². The maximum atomic E-state index is 12.2. The summed E-state index contributed by atoms with van der Waals surface area (Å²) in [6.07, 6.45) is 3.63. The molecule has 0 aromatic carbocycles. The van der Waals surface area contributed by atoms with Crippen molar-refractivity contribution < 1.29 is 9.53 Å². The van der Waals surface area contributed by atoms with Gasteiger partial charge in [-0.25, -0.2) is 0 Å². The minimum atomic E-state index is -0.0417. The van der Waals surface area contributed by atoms with Gasteiger partial charge in [0.15, 0.2) is 0 Å². The highest BCUT2D eigenvalue weighted by Crippen LogP contribution is 2.22. The lowest BCUT2D eigenvalue weighted by atomic mass is 9.87. The highest BCUT2D eigenvalue weighted by atomic mass is 16.5. The van der Waals surface area contributed by atoms with Crippen LogP contribution in [-0.4, -0.2) is 42.6 Å². The second-order valence-corrected chi connectivity index (χ2v) is 6.79. The highest BCUT2D eigenvalue weighted by Gasteiger charge is 2.26. The molecule has 0 aromatic heterocycles. The molecular weight excluding hydrogens is 240 g/mol. The Labute approximate surface area is 117 Å². The van der Waals surface area contributed by atoms with Gasteiger partial charge in [-0.1, -0.05) is 20.8 Å². The molecule has 0 aliphatic carbocycles. The molecule has 1 rings (SSSR count). The molecule has 0 radical (unpaired) electrons. The van der Waals surface area contributed by atoms with Crippen LogP contribution in [0.1, 0.15) is 53.4 Å². The Kier molecular flexibility index (Phi) is 6.27. The van der Waals surface area contributed by atoms with Crippen molar-refractivity contribution in [3.8, 4) is 0 Å². The Morgan fingerprint density at radius 3 is 2.74 bits per heavy atom. The number of hydrogen-bond donors (Lipinski definition) is 1. The molecular formula is C15H30N2O2. The molecule has 2 N–H and O–H groups in total. The molecule has 1 saturated heterocycles. The molecule has 1 aliphatic rings. The van der Waals surface area contributed by atoms with E-state index in [1.54, 1.807) is 0 Å². The minimum Gasteiger partial charge on any atom is -0.377 e. The number of piperidine rings is 1. The number of nitrogens with two attached hydrogens (primary N) is 1. The van der Waals surface area contributed by atoms with Gasteiger partial charge >= 0.3 is 0 Å². The standard InChI is InChI=1S/C15H30N2O2/c1-5-19-13-7-6-8-17(11-13)14(18)9-12(16)10-15(2,3)4/h12-13H,5-11,16H2,1-4H3. The van der Waals surface area contributed by atoms with Gasteiger partial charge in [-0.15, -0.1) is 0 Å². The molecule has 0 bridgehead atoms. The zero-order valence-corrected chi connectivity index (χ0v) is 12.9. The third kappa shape index (κ3) is 6.39. The Morgan fingerprint density at radius 2 is 2.16 bits per heavy atom. The van der Waals surface area contributed by atoms with Gasteiger partial charge in [0.05, 0.1) is 6.10 Å². The molecule has 1 aliphatic heterocycles. The number of likely N-dealkylation sites (tertiary alicyclic amines) is 1.